The number of thiophene rings is 1. The summed E-state index contributed by atoms with van der Waals surface area (Å²) in [5.74, 6) is 1.82. The van der Waals surface area contributed by atoms with E-state index in [1.54, 1.807) is 18.4 Å². The molecule has 0 saturated carbocycles. The molecular formula is C12H15NO2S. The zero-order valence-corrected chi connectivity index (χ0v) is 10.0. The molecule has 2 heterocycles. The molecule has 1 N–H and O–H groups in total. The highest BCUT2D eigenvalue weighted by molar-refractivity contribution is 7.09. The van der Waals surface area contributed by atoms with Crippen LogP contribution in [0.15, 0.2) is 34.1 Å². The lowest BCUT2D eigenvalue weighted by Crippen LogP contribution is -2.10. The first-order chi connectivity index (χ1) is 7.88. The van der Waals surface area contributed by atoms with E-state index in [0.717, 1.165) is 24.6 Å². The maximum absolute atomic E-state index is 5.56. The number of ether oxygens (including phenoxy) is 1. The molecule has 86 valence electrons. The Morgan fingerprint density at radius 1 is 1.25 bits per heavy atom. The molecule has 0 amide bonds. The molecule has 0 aliphatic rings. The van der Waals surface area contributed by atoms with Gasteiger partial charge in [0, 0.05) is 18.5 Å². The van der Waals surface area contributed by atoms with Crippen molar-refractivity contribution in [1.29, 1.82) is 0 Å². The van der Waals surface area contributed by atoms with Crippen LogP contribution in [0.4, 0.5) is 0 Å². The summed E-state index contributed by atoms with van der Waals surface area (Å²) in [4.78, 5) is 1.34. The third kappa shape index (κ3) is 3.20. The fraction of sp³-hybridized carbons (Fsp3) is 0.333. The fourth-order valence-corrected chi connectivity index (χ4v) is 2.13. The molecule has 0 fully saturated rings. The minimum absolute atomic E-state index is 0.533. The van der Waals surface area contributed by atoms with E-state index in [1.165, 1.54) is 4.88 Å². The van der Waals surface area contributed by atoms with Crippen LogP contribution >= 0.6 is 11.3 Å². The van der Waals surface area contributed by atoms with Crippen LogP contribution < -0.4 is 5.32 Å². The molecule has 0 radical (unpaired) electrons. The van der Waals surface area contributed by atoms with Crippen molar-refractivity contribution < 1.29 is 9.15 Å². The van der Waals surface area contributed by atoms with Crippen molar-refractivity contribution in [3.05, 3.63) is 46.0 Å². The fourth-order valence-electron chi connectivity index (χ4n) is 1.46. The first-order valence-electron chi connectivity index (χ1n) is 5.18. The predicted molar refractivity (Wildman–Crippen MR) is 64.3 cm³/mol. The number of hydrogen-bond acceptors (Lipinski definition) is 4. The largest absolute Gasteiger partial charge is 0.462 e. The number of hydrogen-bond donors (Lipinski definition) is 1. The van der Waals surface area contributed by atoms with Gasteiger partial charge in [-0.15, -0.1) is 11.3 Å². The predicted octanol–water partition coefficient (Wildman–Crippen LogP) is 2.78. The summed E-state index contributed by atoms with van der Waals surface area (Å²) in [6, 6.07) is 8.11. The SMILES string of the molecule is COCc1ccc(CNCc2cccs2)o1. The molecule has 4 heteroatoms. The van der Waals surface area contributed by atoms with Crippen LogP contribution in [0.2, 0.25) is 0 Å². The highest BCUT2D eigenvalue weighted by Crippen LogP contribution is 2.10. The maximum atomic E-state index is 5.56. The first kappa shape index (κ1) is 11.4. The summed E-state index contributed by atoms with van der Waals surface area (Å²) in [6.45, 7) is 2.17. The molecule has 0 aliphatic carbocycles. The van der Waals surface area contributed by atoms with Crippen molar-refractivity contribution >= 4 is 11.3 Å². The topological polar surface area (TPSA) is 34.4 Å². The Morgan fingerprint density at radius 3 is 2.88 bits per heavy atom. The molecule has 0 spiro atoms. The maximum Gasteiger partial charge on any atom is 0.129 e. The second-order valence-corrected chi connectivity index (χ2v) is 4.52. The van der Waals surface area contributed by atoms with Crippen molar-refractivity contribution in [3.63, 3.8) is 0 Å². The smallest absolute Gasteiger partial charge is 0.129 e. The number of rotatable bonds is 6. The summed E-state index contributed by atoms with van der Waals surface area (Å²) in [6.07, 6.45) is 0. The molecule has 3 nitrogen and oxygen atoms in total. The molecule has 2 rings (SSSR count). The van der Waals surface area contributed by atoms with E-state index in [-0.39, 0.29) is 0 Å². The molecule has 2 aromatic rings. The van der Waals surface area contributed by atoms with E-state index in [4.69, 9.17) is 9.15 Å². The van der Waals surface area contributed by atoms with Gasteiger partial charge in [0.25, 0.3) is 0 Å². The van der Waals surface area contributed by atoms with Crippen molar-refractivity contribution in [1.82, 2.24) is 5.32 Å². The van der Waals surface area contributed by atoms with Gasteiger partial charge in [0.05, 0.1) is 6.54 Å². The molecule has 2 aromatic heterocycles. The van der Waals surface area contributed by atoms with Gasteiger partial charge >= 0.3 is 0 Å². The van der Waals surface area contributed by atoms with Gasteiger partial charge in [-0.2, -0.15) is 0 Å². The second-order valence-electron chi connectivity index (χ2n) is 3.48. The lowest BCUT2D eigenvalue weighted by Gasteiger charge is -2.00. The van der Waals surface area contributed by atoms with Crippen molar-refractivity contribution in [2.24, 2.45) is 0 Å². The summed E-state index contributed by atoms with van der Waals surface area (Å²) >= 11 is 1.76. The molecule has 16 heavy (non-hydrogen) atoms. The van der Waals surface area contributed by atoms with Gasteiger partial charge in [-0.3, -0.25) is 0 Å². The zero-order chi connectivity index (χ0) is 11.2. The lowest BCUT2D eigenvalue weighted by molar-refractivity contribution is 0.162. The molecule has 0 atom stereocenters. The van der Waals surface area contributed by atoms with Crippen LogP contribution in [0.5, 0.6) is 0 Å². The third-order valence-corrected chi connectivity index (χ3v) is 3.06. The van der Waals surface area contributed by atoms with Gasteiger partial charge < -0.3 is 14.5 Å². The summed E-state index contributed by atoms with van der Waals surface area (Å²) in [7, 11) is 1.66. The third-order valence-electron chi connectivity index (χ3n) is 2.18. The van der Waals surface area contributed by atoms with E-state index < -0.39 is 0 Å². The number of methoxy groups -OCH3 is 1. The standard InChI is InChI=1S/C12H15NO2S/c1-14-9-11-5-4-10(15-11)7-13-8-12-3-2-6-16-12/h2-6,13H,7-9H2,1H3. The average Bonchev–Trinajstić information content (AvgIpc) is 2.90. The summed E-state index contributed by atoms with van der Waals surface area (Å²) < 4.78 is 10.6. The van der Waals surface area contributed by atoms with Crippen molar-refractivity contribution in [2.75, 3.05) is 7.11 Å². The van der Waals surface area contributed by atoms with E-state index >= 15 is 0 Å². The number of furan rings is 1. The second kappa shape index (κ2) is 5.84. The van der Waals surface area contributed by atoms with Crippen molar-refractivity contribution in [3.8, 4) is 0 Å². The van der Waals surface area contributed by atoms with E-state index in [0.29, 0.717) is 6.61 Å². The normalized spacial score (nSPS) is 10.8. The number of nitrogens with one attached hydrogen (secondary N) is 1. The van der Waals surface area contributed by atoms with Crippen LogP contribution in [0, 0.1) is 0 Å². The van der Waals surface area contributed by atoms with Crippen LogP contribution in [-0.2, 0) is 24.4 Å². The van der Waals surface area contributed by atoms with E-state index in [9.17, 15) is 0 Å². The Balaban J connectivity index is 1.76. The Morgan fingerprint density at radius 2 is 2.12 bits per heavy atom. The first-order valence-corrected chi connectivity index (χ1v) is 6.06. The van der Waals surface area contributed by atoms with Gasteiger partial charge in [0.1, 0.15) is 18.1 Å². The lowest BCUT2D eigenvalue weighted by atomic mass is 10.4. The summed E-state index contributed by atoms with van der Waals surface area (Å²) in [5.41, 5.74) is 0. The Bertz CT molecular complexity index is 408. The highest BCUT2D eigenvalue weighted by Gasteiger charge is 2.01. The monoisotopic (exact) mass is 237 g/mol. The molecule has 0 bridgehead atoms. The van der Waals surface area contributed by atoms with Crippen molar-refractivity contribution in [2.45, 2.75) is 19.7 Å². The van der Waals surface area contributed by atoms with E-state index in [1.807, 2.05) is 12.1 Å². The molecule has 0 unspecified atom stereocenters. The Labute approximate surface area is 99.0 Å². The Hall–Kier alpha value is -1.10. The molecular weight excluding hydrogens is 222 g/mol. The Kier molecular flexibility index (Phi) is 4.16. The van der Waals surface area contributed by atoms with Crippen LogP contribution in [0.3, 0.4) is 0 Å². The van der Waals surface area contributed by atoms with Crippen LogP contribution in [0.1, 0.15) is 16.4 Å². The molecule has 0 saturated heterocycles. The van der Waals surface area contributed by atoms with Gasteiger partial charge in [0.2, 0.25) is 0 Å². The van der Waals surface area contributed by atoms with Gasteiger partial charge in [-0.25, -0.2) is 0 Å². The zero-order valence-electron chi connectivity index (χ0n) is 9.23. The van der Waals surface area contributed by atoms with E-state index in [2.05, 4.69) is 22.8 Å². The van der Waals surface area contributed by atoms with Gasteiger partial charge in [-0.1, -0.05) is 6.07 Å². The quantitative estimate of drug-likeness (QED) is 0.839. The van der Waals surface area contributed by atoms with Gasteiger partial charge in [0.15, 0.2) is 0 Å². The average molecular weight is 237 g/mol. The molecule has 0 aliphatic heterocycles. The van der Waals surface area contributed by atoms with Crippen LogP contribution in [0.25, 0.3) is 0 Å². The molecule has 0 aromatic carbocycles. The van der Waals surface area contributed by atoms with Gasteiger partial charge in [-0.05, 0) is 23.6 Å². The minimum atomic E-state index is 0.533. The summed E-state index contributed by atoms with van der Waals surface area (Å²) in [5, 5.41) is 5.42. The highest BCUT2D eigenvalue weighted by atomic mass is 32.1. The minimum Gasteiger partial charge on any atom is -0.462 e. The van der Waals surface area contributed by atoms with Crippen LogP contribution in [-0.4, -0.2) is 7.11 Å².